The van der Waals surface area contributed by atoms with Crippen LogP contribution in [0.15, 0.2) is 0 Å². The molecular formula is C11H18N2O4. The van der Waals surface area contributed by atoms with Crippen molar-refractivity contribution in [3.63, 3.8) is 0 Å². The number of hydrogen-bond donors (Lipinski definition) is 2. The van der Waals surface area contributed by atoms with Crippen molar-refractivity contribution in [3.05, 3.63) is 0 Å². The predicted molar refractivity (Wildman–Crippen MR) is 60.2 cm³/mol. The van der Waals surface area contributed by atoms with E-state index in [9.17, 15) is 14.4 Å². The minimum atomic E-state index is -0.960. The van der Waals surface area contributed by atoms with Gasteiger partial charge in [0.2, 0.25) is 11.8 Å². The van der Waals surface area contributed by atoms with Crippen LogP contribution < -0.4 is 5.32 Å². The van der Waals surface area contributed by atoms with Gasteiger partial charge in [0.1, 0.15) is 0 Å². The topological polar surface area (TPSA) is 86.7 Å². The highest BCUT2D eigenvalue weighted by atomic mass is 16.4. The maximum atomic E-state index is 11.6. The lowest BCUT2D eigenvalue weighted by Gasteiger charge is -2.28. The van der Waals surface area contributed by atoms with Gasteiger partial charge in [0, 0.05) is 26.6 Å². The summed E-state index contributed by atoms with van der Waals surface area (Å²) < 4.78 is 0. The van der Waals surface area contributed by atoms with Crippen molar-refractivity contribution in [2.75, 3.05) is 20.1 Å². The first-order chi connectivity index (χ1) is 7.77. The first kappa shape index (κ1) is 13.5. The number of aliphatic carboxylic acids is 1. The average molecular weight is 242 g/mol. The van der Waals surface area contributed by atoms with Gasteiger partial charge in [-0.15, -0.1) is 0 Å². The molecule has 1 atom stereocenters. The summed E-state index contributed by atoms with van der Waals surface area (Å²) in [4.78, 5) is 35.4. The van der Waals surface area contributed by atoms with Crippen LogP contribution in [0.4, 0.5) is 0 Å². The number of nitrogens with one attached hydrogen (secondary N) is 1. The molecule has 1 heterocycles. The molecule has 1 aliphatic heterocycles. The minimum Gasteiger partial charge on any atom is -0.481 e. The summed E-state index contributed by atoms with van der Waals surface area (Å²) >= 11 is 0. The van der Waals surface area contributed by atoms with Crippen LogP contribution >= 0.6 is 0 Å². The number of carboxylic acids is 1. The summed E-state index contributed by atoms with van der Waals surface area (Å²) in [6.07, 6.45) is 0.0269. The Kier molecular flexibility index (Phi) is 3.75. The van der Waals surface area contributed by atoms with E-state index in [2.05, 4.69) is 5.32 Å². The lowest BCUT2D eigenvalue weighted by atomic mass is 9.91. The predicted octanol–water partition coefficient (Wildman–Crippen LogP) is -0.308. The van der Waals surface area contributed by atoms with Crippen molar-refractivity contribution in [3.8, 4) is 0 Å². The molecule has 0 spiro atoms. The van der Waals surface area contributed by atoms with E-state index in [0.29, 0.717) is 0 Å². The fourth-order valence-electron chi connectivity index (χ4n) is 1.98. The summed E-state index contributed by atoms with van der Waals surface area (Å²) in [6.45, 7) is 3.89. The molecule has 0 radical (unpaired) electrons. The molecule has 0 aromatic rings. The van der Waals surface area contributed by atoms with Gasteiger partial charge in [0.25, 0.3) is 0 Å². The molecule has 0 aromatic heterocycles. The number of carbonyl (C=O) groups is 3. The lowest BCUT2D eigenvalue weighted by molar-refractivity contribution is -0.141. The molecule has 1 rings (SSSR count). The van der Waals surface area contributed by atoms with Crippen LogP contribution in [0.25, 0.3) is 0 Å². The molecule has 6 heteroatoms. The highest BCUT2D eigenvalue weighted by Gasteiger charge is 2.38. The average Bonchev–Trinajstić information content (AvgIpc) is 2.58. The monoisotopic (exact) mass is 242 g/mol. The smallest absolute Gasteiger partial charge is 0.308 e. The fraction of sp³-hybridized carbons (Fsp3) is 0.727. The van der Waals surface area contributed by atoms with Crippen molar-refractivity contribution in [1.82, 2.24) is 10.2 Å². The zero-order chi connectivity index (χ0) is 13.2. The van der Waals surface area contributed by atoms with Crippen LogP contribution in [0.1, 0.15) is 20.3 Å². The molecule has 0 aliphatic carbocycles. The van der Waals surface area contributed by atoms with Crippen molar-refractivity contribution in [1.29, 1.82) is 0 Å². The van der Waals surface area contributed by atoms with E-state index < -0.39 is 17.3 Å². The molecule has 0 saturated carbocycles. The molecule has 96 valence electrons. The second-order valence-corrected chi connectivity index (χ2v) is 4.98. The van der Waals surface area contributed by atoms with Crippen LogP contribution in [0.2, 0.25) is 0 Å². The second kappa shape index (κ2) is 4.73. The normalized spacial score (nSPS) is 20.5. The summed E-state index contributed by atoms with van der Waals surface area (Å²) in [5.41, 5.74) is -0.711. The van der Waals surface area contributed by atoms with E-state index in [0.717, 1.165) is 0 Å². The summed E-state index contributed by atoms with van der Waals surface area (Å²) in [7, 11) is 1.54. The Morgan fingerprint density at radius 2 is 2.12 bits per heavy atom. The Bertz CT molecular complexity index is 351. The first-order valence-electron chi connectivity index (χ1n) is 5.50. The summed E-state index contributed by atoms with van der Waals surface area (Å²) in [5.74, 6) is -1.97. The van der Waals surface area contributed by atoms with Crippen LogP contribution in [0.3, 0.4) is 0 Å². The Labute approximate surface area is 100.0 Å². The van der Waals surface area contributed by atoms with Gasteiger partial charge in [0.15, 0.2) is 0 Å². The first-order valence-corrected chi connectivity index (χ1v) is 5.50. The van der Waals surface area contributed by atoms with Gasteiger partial charge in [-0.3, -0.25) is 14.4 Å². The molecule has 1 saturated heterocycles. The minimum absolute atomic E-state index is 0.0269. The molecule has 0 bridgehead atoms. The van der Waals surface area contributed by atoms with E-state index in [1.807, 2.05) is 0 Å². The number of nitrogens with zero attached hydrogens (tertiary/aromatic N) is 1. The third-order valence-corrected chi connectivity index (χ3v) is 2.99. The lowest BCUT2D eigenvalue weighted by Crippen LogP contribution is -2.44. The standard InChI is InChI=1S/C11H18N2O4/c1-11(2,10(17)12-3)6-13-5-7(9(15)16)4-8(13)14/h7H,4-6H2,1-3H3,(H,12,17)(H,15,16). The van der Waals surface area contributed by atoms with Gasteiger partial charge in [-0.05, 0) is 13.8 Å². The third kappa shape index (κ3) is 2.95. The molecule has 2 amide bonds. The Morgan fingerprint density at radius 3 is 2.53 bits per heavy atom. The third-order valence-electron chi connectivity index (χ3n) is 2.99. The zero-order valence-corrected chi connectivity index (χ0v) is 10.3. The summed E-state index contributed by atoms with van der Waals surface area (Å²) in [5, 5.41) is 11.4. The van der Waals surface area contributed by atoms with Gasteiger partial charge in [-0.1, -0.05) is 0 Å². The van der Waals surface area contributed by atoms with Gasteiger partial charge < -0.3 is 15.3 Å². The van der Waals surface area contributed by atoms with Crippen LogP contribution in [0, 0.1) is 11.3 Å². The van der Waals surface area contributed by atoms with Gasteiger partial charge >= 0.3 is 5.97 Å². The molecule has 0 aromatic carbocycles. The highest BCUT2D eigenvalue weighted by Crippen LogP contribution is 2.24. The van der Waals surface area contributed by atoms with Gasteiger partial charge in [-0.25, -0.2) is 0 Å². The number of likely N-dealkylation sites (tertiary alicyclic amines) is 1. The number of hydrogen-bond acceptors (Lipinski definition) is 3. The van der Waals surface area contributed by atoms with E-state index in [1.165, 1.54) is 11.9 Å². The van der Waals surface area contributed by atoms with Crippen molar-refractivity contribution < 1.29 is 19.5 Å². The molecule has 17 heavy (non-hydrogen) atoms. The van der Waals surface area contributed by atoms with E-state index in [-0.39, 0.29) is 31.3 Å². The Balaban J connectivity index is 2.67. The van der Waals surface area contributed by atoms with Crippen molar-refractivity contribution in [2.24, 2.45) is 11.3 Å². The maximum Gasteiger partial charge on any atom is 0.308 e. The number of amides is 2. The maximum absolute atomic E-state index is 11.6. The van der Waals surface area contributed by atoms with E-state index >= 15 is 0 Å². The fourth-order valence-corrected chi connectivity index (χ4v) is 1.98. The highest BCUT2D eigenvalue weighted by molar-refractivity contribution is 5.87. The quantitative estimate of drug-likeness (QED) is 0.708. The second-order valence-electron chi connectivity index (χ2n) is 4.98. The van der Waals surface area contributed by atoms with E-state index in [1.54, 1.807) is 13.8 Å². The number of carbonyl (C=O) groups excluding carboxylic acids is 2. The van der Waals surface area contributed by atoms with Crippen LogP contribution in [0.5, 0.6) is 0 Å². The Morgan fingerprint density at radius 1 is 1.53 bits per heavy atom. The van der Waals surface area contributed by atoms with E-state index in [4.69, 9.17) is 5.11 Å². The molecule has 1 fully saturated rings. The van der Waals surface area contributed by atoms with Gasteiger partial charge in [-0.2, -0.15) is 0 Å². The van der Waals surface area contributed by atoms with Gasteiger partial charge in [0.05, 0.1) is 11.3 Å². The molecule has 2 N–H and O–H groups in total. The summed E-state index contributed by atoms with van der Waals surface area (Å²) in [6, 6.07) is 0. The van der Waals surface area contributed by atoms with Crippen molar-refractivity contribution >= 4 is 17.8 Å². The number of rotatable bonds is 4. The number of carboxylic acid groups (broad SMARTS) is 1. The molecule has 1 unspecified atom stereocenters. The Hall–Kier alpha value is -1.59. The molecule has 6 nitrogen and oxygen atoms in total. The molecular weight excluding hydrogens is 224 g/mol. The zero-order valence-electron chi connectivity index (χ0n) is 10.3. The van der Waals surface area contributed by atoms with Crippen molar-refractivity contribution in [2.45, 2.75) is 20.3 Å². The SMILES string of the molecule is CNC(=O)C(C)(C)CN1CC(C(=O)O)CC1=O. The molecule has 1 aliphatic rings. The largest absolute Gasteiger partial charge is 0.481 e. The van der Waals surface area contributed by atoms with Crippen LogP contribution in [-0.2, 0) is 14.4 Å². The van der Waals surface area contributed by atoms with Crippen LogP contribution in [-0.4, -0.2) is 47.9 Å².